The predicted molar refractivity (Wildman–Crippen MR) is 140 cm³/mol. The third-order valence-corrected chi connectivity index (χ3v) is 6.99. The Morgan fingerprint density at radius 3 is 2.74 bits per heavy atom. The van der Waals surface area contributed by atoms with Gasteiger partial charge < -0.3 is 43.7 Å². The number of nitrogens with one attached hydrogen (secondary N) is 1. The van der Waals surface area contributed by atoms with Crippen LogP contribution in [0.5, 0.6) is 11.5 Å². The Balaban J connectivity index is 1.43. The largest absolute Gasteiger partial charge is 0.459 e. The van der Waals surface area contributed by atoms with Crippen molar-refractivity contribution in [2.75, 3.05) is 66.1 Å². The first-order valence-electron chi connectivity index (χ1n) is 13.8. The Kier molecular flexibility index (Phi) is 11.3. The van der Waals surface area contributed by atoms with Gasteiger partial charge in [0, 0.05) is 51.1 Å². The van der Waals surface area contributed by atoms with Gasteiger partial charge in [-0.1, -0.05) is 6.07 Å². The summed E-state index contributed by atoms with van der Waals surface area (Å²) in [6, 6.07) is 5.79. The van der Waals surface area contributed by atoms with Gasteiger partial charge in [0.15, 0.2) is 17.3 Å². The molecule has 1 fully saturated rings. The van der Waals surface area contributed by atoms with Crippen molar-refractivity contribution in [2.24, 2.45) is 5.92 Å². The van der Waals surface area contributed by atoms with Crippen LogP contribution in [0.3, 0.4) is 0 Å². The summed E-state index contributed by atoms with van der Waals surface area (Å²) in [6.07, 6.45) is 4.01. The van der Waals surface area contributed by atoms with E-state index in [1.165, 1.54) is 0 Å². The Morgan fingerprint density at radius 2 is 1.97 bits per heavy atom. The van der Waals surface area contributed by atoms with Gasteiger partial charge in [-0.3, -0.25) is 9.59 Å². The van der Waals surface area contributed by atoms with Crippen LogP contribution in [-0.2, 0) is 28.5 Å². The number of amides is 2. The summed E-state index contributed by atoms with van der Waals surface area (Å²) in [7, 11) is 0. The second kappa shape index (κ2) is 15.1. The molecule has 0 saturated carbocycles. The smallest absolute Gasteiger partial charge is 0.286 e. The molecular weight excluding hydrogens is 508 g/mol. The van der Waals surface area contributed by atoms with E-state index in [1.54, 1.807) is 0 Å². The van der Waals surface area contributed by atoms with E-state index in [1.807, 2.05) is 36.1 Å². The summed E-state index contributed by atoms with van der Waals surface area (Å²) in [5, 5.41) is 11.8. The highest BCUT2D eigenvalue weighted by molar-refractivity contribution is 5.91. The number of likely N-dealkylation sites (tertiary alicyclic amines) is 1. The molecule has 0 aliphatic carbocycles. The molecule has 2 amide bonds. The molecule has 3 aliphatic heterocycles. The zero-order valence-electron chi connectivity index (χ0n) is 22.6. The molecule has 216 valence electrons. The van der Waals surface area contributed by atoms with Gasteiger partial charge in [-0.15, -0.1) is 0 Å². The fourth-order valence-corrected chi connectivity index (χ4v) is 5.04. The number of allylic oxidation sites excluding steroid dienone is 1. The van der Waals surface area contributed by atoms with Crippen LogP contribution in [0.4, 0.5) is 0 Å². The number of hydrogen-bond donors (Lipinski definition) is 2. The number of fused-ring (bicyclic) bond motifs is 1. The molecule has 1 aromatic carbocycles. The Labute approximate surface area is 229 Å². The number of hydrogen-bond acceptors (Lipinski definition) is 9. The van der Waals surface area contributed by atoms with Crippen LogP contribution in [0.1, 0.15) is 44.1 Å². The lowest BCUT2D eigenvalue weighted by molar-refractivity contribution is -0.168. The molecule has 0 aromatic heterocycles. The second-order valence-electron chi connectivity index (χ2n) is 9.61. The molecule has 1 aromatic rings. The van der Waals surface area contributed by atoms with Gasteiger partial charge in [0.2, 0.25) is 19.0 Å². The Bertz CT molecular complexity index is 986. The van der Waals surface area contributed by atoms with E-state index in [-0.39, 0.29) is 49.4 Å². The number of rotatable bonds is 16. The van der Waals surface area contributed by atoms with E-state index in [0.29, 0.717) is 70.3 Å². The molecule has 4 rings (SSSR count). The summed E-state index contributed by atoms with van der Waals surface area (Å²) < 4.78 is 34.2. The summed E-state index contributed by atoms with van der Waals surface area (Å²) in [6.45, 7) is 5.87. The third kappa shape index (κ3) is 8.07. The second-order valence-corrected chi connectivity index (χ2v) is 9.61. The van der Waals surface area contributed by atoms with Crippen LogP contribution < -0.4 is 14.8 Å². The van der Waals surface area contributed by atoms with Crippen LogP contribution in [-0.4, -0.2) is 94.2 Å². The normalized spacial score (nSPS) is 22.1. The molecule has 3 aliphatic rings. The van der Waals surface area contributed by atoms with Crippen LogP contribution in [0.25, 0.3) is 0 Å². The average Bonchev–Trinajstić information content (AvgIpc) is 3.59. The SMILES string of the molecule is CCO[C@H]1OC(C(=O)NCCCN2CCCC2=O)=C[C@@H](c2ccc3c(c2)OCO3)[C@H]1CCOCCOCCO. The minimum absolute atomic E-state index is 0.0208. The summed E-state index contributed by atoms with van der Waals surface area (Å²) in [5.74, 6) is 1.12. The number of ether oxygens (including phenoxy) is 6. The zero-order valence-corrected chi connectivity index (χ0v) is 22.6. The minimum Gasteiger partial charge on any atom is -0.459 e. The maximum absolute atomic E-state index is 13.1. The predicted octanol–water partition coefficient (Wildman–Crippen LogP) is 1.94. The standard InChI is InChI=1S/C28H40N2O9/c1-2-36-28-21(8-13-34-15-16-35-14-12-31)22(20-6-7-23-24(17-20)38-19-37-23)18-25(39-28)27(33)29-9-4-11-30-10-3-5-26(30)32/h6-7,17-18,21-22,28,31H,2-5,8-16,19H2,1H3,(H,29,33)/t21-,22+,28+/m1/s1. The zero-order chi connectivity index (χ0) is 27.5. The quantitative estimate of drug-likeness (QED) is 0.298. The van der Waals surface area contributed by atoms with Gasteiger partial charge in [0.05, 0.1) is 26.4 Å². The minimum atomic E-state index is -0.646. The fraction of sp³-hybridized carbons (Fsp3) is 0.643. The molecule has 0 spiro atoms. The van der Waals surface area contributed by atoms with E-state index in [2.05, 4.69) is 5.32 Å². The lowest BCUT2D eigenvalue weighted by atomic mass is 9.81. The van der Waals surface area contributed by atoms with Crippen LogP contribution in [0, 0.1) is 5.92 Å². The summed E-state index contributed by atoms with van der Waals surface area (Å²) >= 11 is 0. The van der Waals surface area contributed by atoms with Gasteiger partial charge in [0.25, 0.3) is 5.91 Å². The van der Waals surface area contributed by atoms with E-state index < -0.39 is 6.29 Å². The monoisotopic (exact) mass is 548 g/mol. The molecule has 1 saturated heterocycles. The highest BCUT2D eigenvalue weighted by Crippen LogP contribution is 2.42. The molecule has 11 nitrogen and oxygen atoms in total. The molecule has 0 unspecified atom stereocenters. The van der Waals surface area contributed by atoms with Crippen LogP contribution in [0.2, 0.25) is 0 Å². The third-order valence-electron chi connectivity index (χ3n) is 6.99. The summed E-state index contributed by atoms with van der Waals surface area (Å²) in [5.41, 5.74) is 0.960. The van der Waals surface area contributed by atoms with Crippen molar-refractivity contribution >= 4 is 11.8 Å². The topological polar surface area (TPSA) is 125 Å². The molecule has 3 heterocycles. The molecule has 39 heavy (non-hydrogen) atoms. The van der Waals surface area contributed by atoms with Crippen LogP contribution >= 0.6 is 0 Å². The lowest BCUT2D eigenvalue weighted by Gasteiger charge is -2.37. The van der Waals surface area contributed by atoms with Crippen molar-refractivity contribution in [1.29, 1.82) is 0 Å². The number of carbonyl (C=O) groups is 2. The first kappa shape index (κ1) is 29.1. The number of aliphatic hydroxyl groups excluding tert-OH is 1. The number of benzene rings is 1. The van der Waals surface area contributed by atoms with E-state index in [9.17, 15) is 9.59 Å². The van der Waals surface area contributed by atoms with Crippen molar-refractivity contribution in [3.63, 3.8) is 0 Å². The molecule has 0 radical (unpaired) electrons. The van der Waals surface area contributed by atoms with Gasteiger partial charge >= 0.3 is 0 Å². The molecule has 3 atom stereocenters. The molecule has 0 bridgehead atoms. The van der Waals surface area contributed by atoms with Gasteiger partial charge in [-0.25, -0.2) is 0 Å². The van der Waals surface area contributed by atoms with Crippen LogP contribution in [0.15, 0.2) is 30.0 Å². The van der Waals surface area contributed by atoms with Crippen molar-refractivity contribution < 1.29 is 43.1 Å². The van der Waals surface area contributed by atoms with E-state index in [0.717, 1.165) is 18.5 Å². The Hall–Kier alpha value is -2.86. The van der Waals surface area contributed by atoms with E-state index >= 15 is 0 Å². The van der Waals surface area contributed by atoms with Gasteiger partial charge in [0.1, 0.15) is 0 Å². The molecule has 2 N–H and O–H groups in total. The molecular formula is C28H40N2O9. The maximum atomic E-state index is 13.1. The first-order chi connectivity index (χ1) is 19.1. The average molecular weight is 549 g/mol. The van der Waals surface area contributed by atoms with E-state index in [4.69, 9.17) is 33.5 Å². The number of carbonyl (C=O) groups excluding carboxylic acids is 2. The van der Waals surface area contributed by atoms with Crippen molar-refractivity contribution in [3.8, 4) is 11.5 Å². The lowest BCUT2D eigenvalue weighted by Crippen LogP contribution is -2.40. The maximum Gasteiger partial charge on any atom is 0.286 e. The van der Waals surface area contributed by atoms with Crippen molar-refractivity contribution in [1.82, 2.24) is 10.2 Å². The van der Waals surface area contributed by atoms with Crippen molar-refractivity contribution in [2.45, 2.75) is 44.8 Å². The summed E-state index contributed by atoms with van der Waals surface area (Å²) in [4.78, 5) is 26.8. The highest BCUT2D eigenvalue weighted by atomic mass is 16.7. The van der Waals surface area contributed by atoms with Gasteiger partial charge in [-0.2, -0.15) is 0 Å². The van der Waals surface area contributed by atoms with Gasteiger partial charge in [-0.05, 0) is 50.0 Å². The Morgan fingerprint density at radius 1 is 1.15 bits per heavy atom. The molecule has 11 heteroatoms. The number of aliphatic hydroxyl groups is 1. The fourth-order valence-electron chi connectivity index (χ4n) is 5.04. The first-order valence-corrected chi connectivity index (χ1v) is 13.8. The van der Waals surface area contributed by atoms with Crippen molar-refractivity contribution in [3.05, 3.63) is 35.6 Å². The highest BCUT2D eigenvalue weighted by Gasteiger charge is 2.38. The number of nitrogens with zero attached hydrogens (tertiary/aromatic N) is 1.